The summed E-state index contributed by atoms with van der Waals surface area (Å²) in [6, 6.07) is 7.12. The average Bonchev–Trinajstić information content (AvgIpc) is 3.02. The Bertz CT molecular complexity index is 631. The molecule has 1 heterocycles. The number of carbonyl (C=O) groups is 1. The molecule has 0 amide bonds. The van der Waals surface area contributed by atoms with E-state index >= 15 is 0 Å². The van der Waals surface area contributed by atoms with Crippen molar-refractivity contribution in [3.05, 3.63) is 29.8 Å². The Morgan fingerprint density at radius 3 is 2.70 bits per heavy atom. The molecule has 0 radical (unpaired) electrons. The zero-order valence-corrected chi connectivity index (χ0v) is 14.9. The highest BCUT2D eigenvalue weighted by Gasteiger charge is 2.18. The quantitative estimate of drug-likeness (QED) is 0.422. The Hall–Kier alpha value is -1.64. The van der Waals surface area contributed by atoms with Crippen molar-refractivity contribution in [3.8, 4) is 5.75 Å². The number of methoxy groups -OCH3 is 2. The molecule has 0 bridgehead atoms. The summed E-state index contributed by atoms with van der Waals surface area (Å²) in [7, 11) is 3.25. The van der Waals surface area contributed by atoms with Gasteiger partial charge in [0.05, 0.1) is 19.0 Å². The van der Waals surface area contributed by atoms with Crippen LogP contribution in [0.4, 0.5) is 5.13 Å². The third kappa shape index (κ3) is 5.19. The minimum absolute atomic E-state index is 0.0572. The number of carbonyl (C=O) groups excluding carboxylic acids is 1. The summed E-state index contributed by atoms with van der Waals surface area (Å²) in [5.41, 5.74) is 0.661. The number of ketones is 1. The first-order valence-electron chi connectivity index (χ1n) is 7.05. The standard InChI is InChI=1S/C15H19N3O3S2/c1-10(13(19)11-4-6-12(21-3)7-5-11)22-15-18-17-14(23-15)16-8-9-20-2/h4-7,10H,8-9H2,1-3H3,(H,16,17)/t10-/m1/s1. The van der Waals surface area contributed by atoms with Crippen molar-refractivity contribution in [1.29, 1.82) is 0 Å². The first-order chi connectivity index (χ1) is 11.1. The molecule has 0 fully saturated rings. The van der Waals surface area contributed by atoms with Crippen LogP contribution >= 0.6 is 23.1 Å². The third-order valence-electron chi connectivity index (χ3n) is 3.01. The number of Topliss-reactive ketones (excluding diaryl/α,β-unsaturated/α-hetero) is 1. The van der Waals surface area contributed by atoms with E-state index in [-0.39, 0.29) is 11.0 Å². The molecule has 0 saturated heterocycles. The maximum atomic E-state index is 12.4. The fourth-order valence-electron chi connectivity index (χ4n) is 1.78. The van der Waals surface area contributed by atoms with Gasteiger partial charge in [-0.1, -0.05) is 23.1 Å². The van der Waals surface area contributed by atoms with Crippen molar-refractivity contribution in [3.63, 3.8) is 0 Å². The van der Waals surface area contributed by atoms with E-state index in [4.69, 9.17) is 9.47 Å². The number of hydrogen-bond acceptors (Lipinski definition) is 8. The molecule has 1 aromatic heterocycles. The van der Waals surface area contributed by atoms with Crippen molar-refractivity contribution in [1.82, 2.24) is 10.2 Å². The number of anilines is 1. The van der Waals surface area contributed by atoms with Crippen LogP contribution in [0.15, 0.2) is 28.6 Å². The molecule has 6 nitrogen and oxygen atoms in total. The van der Waals surface area contributed by atoms with Crippen LogP contribution in [0.2, 0.25) is 0 Å². The van der Waals surface area contributed by atoms with E-state index in [0.717, 1.165) is 15.2 Å². The highest BCUT2D eigenvalue weighted by molar-refractivity contribution is 8.02. The number of benzene rings is 1. The molecular formula is C15H19N3O3S2. The highest BCUT2D eigenvalue weighted by Crippen LogP contribution is 2.30. The molecule has 2 rings (SSSR count). The molecule has 8 heteroatoms. The van der Waals surface area contributed by atoms with Crippen LogP contribution < -0.4 is 10.1 Å². The molecule has 1 atom stereocenters. The normalized spacial score (nSPS) is 12.0. The van der Waals surface area contributed by atoms with Gasteiger partial charge in [0.15, 0.2) is 10.1 Å². The smallest absolute Gasteiger partial charge is 0.206 e. The molecule has 23 heavy (non-hydrogen) atoms. The Morgan fingerprint density at radius 1 is 1.30 bits per heavy atom. The number of thioether (sulfide) groups is 1. The van der Waals surface area contributed by atoms with Crippen LogP contribution in [0.3, 0.4) is 0 Å². The van der Waals surface area contributed by atoms with Crippen LogP contribution in [0, 0.1) is 0 Å². The second kappa shape index (κ2) is 8.85. The van der Waals surface area contributed by atoms with Gasteiger partial charge >= 0.3 is 0 Å². The maximum absolute atomic E-state index is 12.4. The van der Waals surface area contributed by atoms with Crippen LogP contribution in [-0.4, -0.2) is 48.6 Å². The van der Waals surface area contributed by atoms with Gasteiger partial charge in [0.1, 0.15) is 5.75 Å². The average molecular weight is 353 g/mol. The van der Waals surface area contributed by atoms with Crippen molar-refractivity contribution >= 4 is 34.0 Å². The van der Waals surface area contributed by atoms with Crippen LogP contribution in [0.5, 0.6) is 5.75 Å². The summed E-state index contributed by atoms with van der Waals surface area (Å²) in [5.74, 6) is 0.791. The predicted molar refractivity (Wildman–Crippen MR) is 92.9 cm³/mol. The lowest BCUT2D eigenvalue weighted by molar-refractivity contribution is 0.0994. The summed E-state index contributed by atoms with van der Waals surface area (Å²) in [5, 5.41) is 11.8. The van der Waals surface area contributed by atoms with Crippen LogP contribution in [-0.2, 0) is 4.74 Å². The number of nitrogens with one attached hydrogen (secondary N) is 1. The first-order valence-corrected chi connectivity index (χ1v) is 8.75. The number of nitrogens with zero attached hydrogens (tertiary/aromatic N) is 2. The molecule has 124 valence electrons. The van der Waals surface area contributed by atoms with Gasteiger partial charge in [-0.05, 0) is 31.2 Å². The SMILES string of the molecule is COCCNc1nnc(S[C@H](C)C(=O)c2ccc(OC)cc2)s1. The number of aromatic nitrogens is 2. The summed E-state index contributed by atoms with van der Waals surface area (Å²) >= 11 is 2.84. The summed E-state index contributed by atoms with van der Waals surface area (Å²) in [6.45, 7) is 3.15. The monoisotopic (exact) mass is 353 g/mol. The van der Waals surface area contributed by atoms with Crippen molar-refractivity contribution in [2.75, 3.05) is 32.7 Å². The van der Waals surface area contributed by atoms with Crippen molar-refractivity contribution < 1.29 is 14.3 Å². The van der Waals surface area contributed by atoms with E-state index in [9.17, 15) is 4.79 Å². The van der Waals surface area contributed by atoms with E-state index in [1.54, 1.807) is 38.5 Å². The maximum Gasteiger partial charge on any atom is 0.206 e. The number of hydrogen-bond donors (Lipinski definition) is 1. The molecule has 1 aromatic carbocycles. The van der Waals surface area contributed by atoms with Crippen LogP contribution in [0.1, 0.15) is 17.3 Å². The minimum Gasteiger partial charge on any atom is -0.497 e. The van der Waals surface area contributed by atoms with Gasteiger partial charge < -0.3 is 14.8 Å². The van der Waals surface area contributed by atoms with Gasteiger partial charge in [0.25, 0.3) is 0 Å². The minimum atomic E-state index is -0.233. The predicted octanol–water partition coefficient (Wildman–Crippen LogP) is 2.97. The first kappa shape index (κ1) is 17.7. The lowest BCUT2D eigenvalue weighted by Crippen LogP contribution is -2.13. The van der Waals surface area contributed by atoms with Gasteiger partial charge in [0, 0.05) is 19.2 Å². The Kier molecular flexibility index (Phi) is 6.82. The van der Waals surface area contributed by atoms with E-state index in [2.05, 4.69) is 15.5 Å². The van der Waals surface area contributed by atoms with Gasteiger partial charge in [-0.25, -0.2) is 0 Å². The third-order valence-corrected chi connectivity index (χ3v) is 5.08. The van der Waals surface area contributed by atoms with E-state index in [1.807, 2.05) is 6.92 Å². The molecule has 0 saturated carbocycles. The fourth-order valence-corrected chi connectivity index (χ4v) is 3.78. The summed E-state index contributed by atoms with van der Waals surface area (Å²) in [4.78, 5) is 12.4. The van der Waals surface area contributed by atoms with Gasteiger partial charge in [-0.3, -0.25) is 4.79 Å². The lowest BCUT2D eigenvalue weighted by atomic mass is 10.1. The largest absolute Gasteiger partial charge is 0.497 e. The topological polar surface area (TPSA) is 73.3 Å². The van der Waals surface area contributed by atoms with Crippen LogP contribution in [0.25, 0.3) is 0 Å². The Labute approximate surface area is 143 Å². The lowest BCUT2D eigenvalue weighted by Gasteiger charge is -2.08. The molecule has 2 aromatic rings. The molecule has 0 spiro atoms. The number of ether oxygens (including phenoxy) is 2. The molecule has 1 N–H and O–H groups in total. The fraction of sp³-hybridized carbons (Fsp3) is 0.400. The van der Waals surface area contributed by atoms with Gasteiger partial charge in [0.2, 0.25) is 5.13 Å². The van der Waals surface area contributed by atoms with Crippen molar-refractivity contribution in [2.24, 2.45) is 0 Å². The molecule has 0 aliphatic heterocycles. The zero-order chi connectivity index (χ0) is 16.7. The zero-order valence-electron chi connectivity index (χ0n) is 13.2. The highest BCUT2D eigenvalue weighted by atomic mass is 32.2. The molecule has 0 aliphatic carbocycles. The second-order valence-corrected chi connectivity index (χ2v) is 7.21. The van der Waals surface area contributed by atoms with E-state index in [1.165, 1.54) is 23.1 Å². The number of rotatable bonds is 9. The van der Waals surface area contributed by atoms with Crippen molar-refractivity contribution in [2.45, 2.75) is 16.5 Å². The summed E-state index contributed by atoms with van der Waals surface area (Å²) in [6.07, 6.45) is 0. The Balaban J connectivity index is 1.92. The van der Waals surface area contributed by atoms with E-state index < -0.39 is 0 Å². The summed E-state index contributed by atoms with van der Waals surface area (Å²) < 4.78 is 10.8. The van der Waals surface area contributed by atoms with E-state index in [0.29, 0.717) is 18.7 Å². The van der Waals surface area contributed by atoms with Gasteiger partial charge in [-0.2, -0.15) is 0 Å². The van der Waals surface area contributed by atoms with Gasteiger partial charge in [-0.15, -0.1) is 10.2 Å². The molecule has 0 unspecified atom stereocenters. The second-order valence-electron chi connectivity index (χ2n) is 4.65. The Morgan fingerprint density at radius 2 is 2.04 bits per heavy atom. The molecular weight excluding hydrogens is 334 g/mol. The molecule has 0 aliphatic rings.